The summed E-state index contributed by atoms with van der Waals surface area (Å²) in [6.45, 7) is 5.09. The maximum atomic E-state index is 12.5. The summed E-state index contributed by atoms with van der Waals surface area (Å²) in [6, 6.07) is 9.93. The number of carbonyl (C=O) groups is 2. The lowest BCUT2D eigenvalue weighted by atomic mass is 9.97. The van der Waals surface area contributed by atoms with Crippen LogP contribution in [0.5, 0.6) is 0 Å². The van der Waals surface area contributed by atoms with Gasteiger partial charge >= 0.3 is 5.97 Å². The van der Waals surface area contributed by atoms with Crippen LogP contribution < -0.4 is 0 Å². The average Bonchev–Trinajstić information content (AvgIpc) is 3.00. The van der Waals surface area contributed by atoms with Gasteiger partial charge in [-0.25, -0.2) is 4.68 Å². The van der Waals surface area contributed by atoms with Gasteiger partial charge in [-0.1, -0.05) is 18.2 Å². The number of nitrogens with zero attached hydrogens (tertiary/aromatic N) is 3. The standard InChI is InChI=1S/C21H25N3O3/c1-15-19(16(2)24(22-15)18-7-5-4-6-8-18)9-10-20(25)23-13-11-17(12-14-23)21(26)27-3/h4-10,17H,11-14H2,1-3H3. The van der Waals surface area contributed by atoms with Gasteiger partial charge in [-0.2, -0.15) is 5.10 Å². The monoisotopic (exact) mass is 367 g/mol. The summed E-state index contributed by atoms with van der Waals surface area (Å²) >= 11 is 0. The first-order valence-electron chi connectivity index (χ1n) is 9.17. The van der Waals surface area contributed by atoms with Crippen LogP contribution in [-0.2, 0) is 14.3 Å². The van der Waals surface area contributed by atoms with Crippen molar-refractivity contribution in [3.63, 3.8) is 0 Å². The Kier molecular flexibility index (Phi) is 5.74. The maximum Gasteiger partial charge on any atom is 0.308 e. The number of benzene rings is 1. The van der Waals surface area contributed by atoms with Gasteiger partial charge in [0.2, 0.25) is 5.91 Å². The highest BCUT2D eigenvalue weighted by molar-refractivity contribution is 5.92. The minimum absolute atomic E-state index is 0.0374. The van der Waals surface area contributed by atoms with Crippen LogP contribution in [-0.4, -0.2) is 46.8 Å². The molecule has 1 amide bonds. The molecule has 6 heteroatoms. The molecule has 1 aromatic heterocycles. The van der Waals surface area contributed by atoms with E-state index in [0.29, 0.717) is 25.9 Å². The number of carbonyl (C=O) groups excluding carboxylic acids is 2. The van der Waals surface area contributed by atoms with E-state index in [-0.39, 0.29) is 17.8 Å². The number of ether oxygens (including phenoxy) is 1. The molecule has 2 heterocycles. The Bertz CT molecular complexity index is 847. The molecular formula is C21H25N3O3. The minimum Gasteiger partial charge on any atom is -0.469 e. The molecule has 1 aromatic carbocycles. The number of piperidine rings is 1. The van der Waals surface area contributed by atoms with Gasteiger partial charge in [0.25, 0.3) is 0 Å². The molecule has 1 fully saturated rings. The Balaban J connectivity index is 1.69. The molecular weight excluding hydrogens is 342 g/mol. The van der Waals surface area contributed by atoms with Gasteiger partial charge < -0.3 is 9.64 Å². The molecule has 0 spiro atoms. The van der Waals surface area contributed by atoms with Crippen molar-refractivity contribution < 1.29 is 14.3 Å². The summed E-state index contributed by atoms with van der Waals surface area (Å²) in [5.41, 5.74) is 3.82. The Labute approximate surface area is 159 Å². The lowest BCUT2D eigenvalue weighted by Crippen LogP contribution is -2.39. The van der Waals surface area contributed by atoms with Gasteiger partial charge in [-0.05, 0) is 44.9 Å². The highest BCUT2D eigenvalue weighted by Gasteiger charge is 2.27. The zero-order valence-electron chi connectivity index (χ0n) is 16.0. The van der Waals surface area contributed by atoms with Gasteiger partial charge in [0.05, 0.1) is 24.4 Å². The van der Waals surface area contributed by atoms with E-state index in [1.165, 1.54) is 7.11 Å². The number of hydrogen-bond donors (Lipinski definition) is 0. The second kappa shape index (κ2) is 8.20. The number of rotatable bonds is 4. The van der Waals surface area contributed by atoms with E-state index in [4.69, 9.17) is 4.74 Å². The molecule has 0 bridgehead atoms. The van der Waals surface area contributed by atoms with Crippen molar-refractivity contribution >= 4 is 18.0 Å². The second-order valence-electron chi connectivity index (χ2n) is 6.79. The number of aromatic nitrogens is 2. The normalized spacial score (nSPS) is 15.3. The molecule has 2 aromatic rings. The van der Waals surface area contributed by atoms with E-state index in [1.54, 1.807) is 11.0 Å². The predicted octanol–water partition coefficient (Wildman–Crippen LogP) is 2.91. The molecule has 0 N–H and O–H groups in total. The lowest BCUT2D eigenvalue weighted by Gasteiger charge is -2.29. The number of likely N-dealkylation sites (tertiary alicyclic amines) is 1. The maximum absolute atomic E-state index is 12.5. The minimum atomic E-state index is -0.183. The van der Waals surface area contributed by atoms with E-state index in [0.717, 1.165) is 22.6 Å². The fourth-order valence-electron chi connectivity index (χ4n) is 3.48. The number of esters is 1. The van der Waals surface area contributed by atoms with Crippen LogP contribution in [0, 0.1) is 19.8 Å². The molecule has 0 radical (unpaired) electrons. The fourth-order valence-corrected chi connectivity index (χ4v) is 3.48. The van der Waals surface area contributed by atoms with E-state index in [9.17, 15) is 9.59 Å². The molecule has 27 heavy (non-hydrogen) atoms. The van der Waals surface area contributed by atoms with E-state index in [2.05, 4.69) is 5.10 Å². The molecule has 3 rings (SSSR count). The van der Waals surface area contributed by atoms with Gasteiger partial charge in [0.1, 0.15) is 0 Å². The number of methoxy groups -OCH3 is 1. The molecule has 1 saturated heterocycles. The van der Waals surface area contributed by atoms with Crippen LogP contribution in [0.25, 0.3) is 11.8 Å². The smallest absolute Gasteiger partial charge is 0.308 e. The summed E-state index contributed by atoms with van der Waals surface area (Å²) in [4.78, 5) is 25.9. The fraction of sp³-hybridized carbons (Fsp3) is 0.381. The first-order valence-corrected chi connectivity index (χ1v) is 9.17. The van der Waals surface area contributed by atoms with Crippen molar-refractivity contribution in [1.82, 2.24) is 14.7 Å². The molecule has 0 atom stereocenters. The van der Waals surface area contributed by atoms with Crippen molar-refractivity contribution in [3.05, 3.63) is 53.4 Å². The van der Waals surface area contributed by atoms with Crippen molar-refractivity contribution in [3.8, 4) is 5.69 Å². The van der Waals surface area contributed by atoms with Gasteiger partial charge in [-0.15, -0.1) is 0 Å². The van der Waals surface area contributed by atoms with Crippen LogP contribution in [0.2, 0.25) is 0 Å². The van der Waals surface area contributed by atoms with Crippen molar-refractivity contribution in [2.75, 3.05) is 20.2 Å². The van der Waals surface area contributed by atoms with Crippen LogP contribution in [0.4, 0.5) is 0 Å². The van der Waals surface area contributed by atoms with Gasteiger partial charge in [0.15, 0.2) is 0 Å². The van der Waals surface area contributed by atoms with Gasteiger partial charge in [-0.3, -0.25) is 9.59 Å². The molecule has 0 aliphatic carbocycles. The van der Waals surface area contributed by atoms with Crippen LogP contribution in [0.15, 0.2) is 36.4 Å². The molecule has 1 aliphatic heterocycles. The van der Waals surface area contributed by atoms with E-state index in [1.807, 2.05) is 54.9 Å². The average molecular weight is 367 g/mol. The van der Waals surface area contributed by atoms with Crippen molar-refractivity contribution in [2.45, 2.75) is 26.7 Å². The summed E-state index contributed by atoms with van der Waals surface area (Å²) in [5, 5.41) is 4.60. The molecule has 0 saturated carbocycles. The van der Waals surface area contributed by atoms with E-state index < -0.39 is 0 Å². The van der Waals surface area contributed by atoms with Crippen molar-refractivity contribution in [1.29, 1.82) is 0 Å². The summed E-state index contributed by atoms with van der Waals surface area (Å²) in [7, 11) is 1.41. The first kappa shape index (κ1) is 18.9. The molecule has 0 unspecified atom stereocenters. The molecule has 142 valence electrons. The molecule has 6 nitrogen and oxygen atoms in total. The third-order valence-corrected chi connectivity index (χ3v) is 5.08. The van der Waals surface area contributed by atoms with Crippen LogP contribution in [0.1, 0.15) is 29.8 Å². The zero-order chi connectivity index (χ0) is 19.4. The zero-order valence-corrected chi connectivity index (χ0v) is 16.0. The SMILES string of the molecule is COC(=O)C1CCN(C(=O)C=Cc2c(C)nn(-c3ccccc3)c2C)CC1. The third-order valence-electron chi connectivity index (χ3n) is 5.08. The number of amides is 1. The molecule has 1 aliphatic rings. The highest BCUT2D eigenvalue weighted by Crippen LogP contribution is 2.21. The number of hydrogen-bond acceptors (Lipinski definition) is 4. The van der Waals surface area contributed by atoms with E-state index >= 15 is 0 Å². The Morgan fingerprint density at radius 1 is 1.15 bits per heavy atom. The summed E-state index contributed by atoms with van der Waals surface area (Å²) < 4.78 is 6.68. The largest absolute Gasteiger partial charge is 0.469 e. The Morgan fingerprint density at radius 3 is 2.44 bits per heavy atom. The van der Waals surface area contributed by atoms with Gasteiger partial charge in [0, 0.05) is 30.4 Å². The lowest BCUT2D eigenvalue weighted by molar-refractivity contribution is -0.148. The second-order valence-corrected chi connectivity index (χ2v) is 6.79. The topological polar surface area (TPSA) is 64.4 Å². The van der Waals surface area contributed by atoms with Crippen LogP contribution >= 0.6 is 0 Å². The quantitative estimate of drug-likeness (QED) is 0.616. The first-order chi connectivity index (χ1) is 13.0. The number of para-hydroxylation sites is 1. The predicted molar refractivity (Wildman–Crippen MR) is 103 cm³/mol. The van der Waals surface area contributed by atoms with Crippen molar-refractivity contribution in [2.24, 2.45) is 5.92 Å². The van der Waals surface area contributed by atoms with Crippen LogP contribution in [0.3, 0.4) is 0 Å². The summed E-state index contributed by atoms with van der Waals surface area (Å²) in [5.74, 6) is -0.321. The Morgan fingerprint density at radius 2 is 1.81 bits per heavy atom. The number of aryl methyl sites for hydroxylation is 1. The summed E-state index contributed by atoms with van der Waals surface area (Å²) in [6.07, 6.45) is 4.74. The Hall–Kier alpha value is -2.89. The highest BCUT2D eigenvalue weighted by atomic mass is 16.5. The third kappa shape index (κ3) is 4.10.